The minimum Gasteiger partial charge on any atom is -0.358 e. The molecule has 2 aromatic rings. The first kappa shape index (κ1) is 16.6. The molecule has 0 bridgehead atoms. The van der Waals surface area contributed by atoms with Crippen molar-refractivity contribution in [3.05, 3.63) is 34.5 Å². The Bertz CT molecular complexity index is 807. The second-order valence-electron chi connectivity index (χ2n) is 7.88. The van der Waals surface area contributed by atoms with Crippen molar-refractivity contribution in [2.24, 2.45) is 0 Å². The lowest BCUT2D eigenvalue weighted by molar-refractivity contribution is -0.134. The number of rotatable bonds is 2. The third kappa shape index (κ3) is 2.97. The second kappa shape index (κ2) is 6.49. The molecule has 134 valence electrons. The van der Waals surface area contributed by atoms with Gasteiger partial charge < -0.3 is 9.88 Å². The highest BCUT2D eigenvalue weighted by Gasteiger charge is 2.31. The first-order chi connectivity index (χ1) is 12.0. The number of H-pyrrole nitrogens is 1. The Hall–Kier alpha value is -1.81. The van der Waals surface area contributed by atoms with Crippen LogP contribution in [0.1, 0.15) is 41.6 Å². The Labute approximate surface area is 150 Å². The summed E-state index contributed by atoms with van der Waals surface area (Å²) in [5.41, 5.74) is 6.02. The molecule has 0 saturated carbocycles. The van der Waals surface area contributed by atoms with Gasteiger partial charge in [-0.3, -0.25) is 9.69 Å². The number of hydrogen-bond acceptors (Lipinski definition) is 2. The number of amides is 1. The van der Waals surface area contributed by atoms with Gasteiger partial charge in [0.25, 0.3) is 0 Å². The minimum absolute atomic E-state index is 0.287. The molecule has 2 aliphatic heterocycles. The lowest BCUT2D eigenvalue weighted by Crippen LogP contribution is -2.56. The summed E-state index contributed by atoms with van der Waals surface area (Å²) >= 11 is 0. The van der Waals surface area contributed by atoms with Crippen molar-refractivity contribution in [1.82, 2.24) is 14.8 Å². The number of carbonyl (C=O) groups is 1. The summed E-state index contributed by atoms with van der Waals surface area (Å²) < 4.78 is 0. The predicted molar refractivity (Wildman–Crippen MR) is 102 cm³/mol. The number of piperazine rings is 1. The largest absolute Gasteiger partial charge is 0.358 e. The number of benzene rings is 1. The van der Waals surface area contributed by atoms with E-state index in [4.69, 9.17) is 0 Å². The zero-order valence-electron chi connectivity index (χ0n) is 15.7. The summed E-state index contributed by atoms with van der Waals surface area (Å²) in [6.07, 6.45) is 4.39. The summed E-state index contributed by atoms with van der Waals surface area (Å²) in [6.45, 7) is 10.4. The number of nitrogens with zero attached hydrogens (tertiary/aromatic N) is 2. The Morgan fingerprint density at radius 1 is 1.12 bits per heavy atom. The van der Waals surface area contributed by atoms with Crippen LogP contribution in [0.5, 0.6) is 0 Å². The Morgan fingerprint density at radius 2 is 1.92 bits per heavy atom. The average molecular weight is 339 g/mol. The zero-order valence-corrected chi connectivity index (χ0v) is 15.7. The van der Waals surface area contributed by atoms with Gasteiger partial charge in [-0.2, -0.15) is 0 Å². The number of aryl methyl sites for hydroxylation is 3. The van der Waals surface area contributed by atoms with E-state index >= 15 is 0 Å². The van der Waals surface area contributed by atoms with Crippen LogP contribution in [-0.2, 0) is 11.2 Å². The number of carbonyl (C=O) groups excluding carboxylic acids is 1. The second-order valence-corrected chi connectivity index (χ2v) is 7.88. The van der Waals surface area contributed by atoms with Crippen LogP contribution in [0.4, 0.5) is 0 Å². The number of hydrogen-bond donors (Lipinski definition) is 1. The van der Waals surface area contributed by atoms with Crippen molar-refractivity contribution in [2.75, 3.05) is 26.2 Å². The van der Waals surface area contributed by atoms with Crippen molar-refractivity contribution in [2.45, 2.75) is 52.5 Å². The monoisotopic (exact) mass is 339 g/mol. The van der Waals surface area contributed by atoms with Gasteiger partial charge in [0, 0.05) is 42.3 Å². The van der Waals surface area contributed by atoms with E-state index in [0.29, 0.717) is 12.5 Å². The van der Waals surface area contributed by atoms with E-state index in [1.165, 1.54) is 53.4 Å². The van der Waals surface area contributed by atoms with Crippen molar-refractivity contribution in [3.8, 4) is 0 Å². The molecule has 1 N–H and O–H groups in total. The average Bonchev–Trinajstić information content (AvgIpc) is 2.95. The SMILES string of the molecule is Cc1[nH]c2c(C)ccc(C)c2c1CC(=O)N1CCN2CCCCC2C1. The molecule has 3 heterocycles. The smallest absolute Gasteiger partial charge is 0.227 e. The van der Waals surface area contributed by atoms with Crippen molar-refractivity contribution >= 4 is 16.8 Å². The molecular weight excluding hydrogens is 310 g/mol. The van der Waals surface area contributed by atoms with Gasteiger partial charge in [0.2, 0.25) is 5.91 Å². The Morgan fingerprint density at radius 3 is 2.76 bits per heavy atom. The Balaban J connectivity index is 1.56. The van der Waals surface area contributed by atoms with Crippen LogP contribution < -0.4 is 0 Å². The van der Waals surface area contributed by atoms with Gasteiger partial charge in [-0.1, -0.05) is 18.6 Å². The normalized spacial score (nSPS) is 21.6. The van der Waals surface area contributed by atoms with E-state index in [1.807, 2.05) is 0 Å². The van der Waals surface area contributed by atoms with E-state index in [2.05, 4.69) is 47.7 Å². The van der Waals surface area contributed by atoms with Gasteiger partial charge in [0.1, 0.15) is 0 Å². The van der Waals surface area contributed by atoms with Gasteiger partial charge in [-0.05, 0) is 56.8 Å². The molecule has 4 heteroatoms. The van der Waals surface area contributed by atoms with Crippen LogP contribution in [0.25, 0.3) is 10.9 Å². The number of nitrogens with one attached hydrogen (secondary N) is 1. The topological polar surface area (TPSA) is 39.3 Å². The molecule has 1 unspecified atom stereocenters. The molecule has 2 saturated heterocycles. The molecule has 4 rings (SSSR count). The molecule has 4 nitrogen and oxygen atoms in total. The van der Waals surface area contributed by atoms with E-state index in [-0.39, 0.29) is 5.91 Å². The highest BCUT2D eigenvalue weighted by atomic mass is 16.2. The Kier molecular flexibility index (Phi) is 4.32. The lowest BCUT2D eigenvalue weighted by Gasteiger charge is -2.44. The number of piperidine rings is 1. The van der Waals surface area contributed by atoms with Gasteiger partial charge in [0.05, 0.1) is 6.42 Å². The maximum Gasteiger partial charge on any atom is 0.227 e. The van der Waals surface area contributed by atoms with Crippen LogP contribution in [0.2, 0.25) is 0 Å². The molecular formula is C21H29N3O. The predicted octanol–water partition coefficient (Wildman–Crippen LogP) is 3.33. The summed E-state index contributed by atoms with van der Waals surface area (Å²) in [5, 5.41) is 1.25. The summed E-state index contributed by atoms with van der Waals surface area (Å²) in [7, 11) is 0. The van der Waals surface area contributed by atoms with Crippen LogP contribution >= 0.6 is 0 Å². The molecule has 0 aliphatic carbocycles. The van der Waals surface area contributed by atoms with E-state index < -0.39 is 0 Å². The molecule has 2 aliphatic rings. The zero-order chi connectivity index (χ0) is 17.6. The highest BCUT2D eigenvalue weighted by molar-refractivity contribution is 5.93. The third-order valence-electron chi connectivity index (χ3n) is 6.21. The summed E-state index contributed by atoms with van der Waals surface area (Å²) in [4.78, 5) is 21.2. The molecule has 2 fully saturated rings. The standard InChI is InChI=1S/C21H29N3O/c1-14-7-8-15(2)21-20(14)18(16(3)22-21)12-19(25)24-11-10-23-9-5-4-6-17(23)13-24/h7-8,17,22H,4-6,9-13H2,1-3H3. The fourth-order valence-electron chi connectivity index (χ4n) is 4.68. The van der Waals surface area contributed by atoms with Crippen molar-refractivity contribution < 1.29 is 4.79 Å². The number of aromatic nitrogens is 1. The molecule has 1 aromatic heterocycles. The quantitative estimate of drug-likeness (QED) is 0.911. The molecule has 1 amide bonds. The van der Waals surface area contributed by atoms with Crippen LogP contribution in [0.3, 0.4) is 0 Å². The van der Waals surface area contributed by atoms with E-state index in [0.717, 1.165) is 25.3 Å². The highest BCUT2D eigenvalue weighted by Crippen LogP contribution is 2.29. The van der Waals surface area contributed by atoms with Gasteiger partial charge in [-0.25, -0.2) is 0 Å². The third-order valence-corrected chi connectivity index (χ3v) is 6.21. The maximum atomic E-state index is 13.0. The molecule has 0 radical (unpaired) electrons. The fourth-order valence-corrected chi connectivity index (χ4v) is 4.68. The number of fused-ring (bicyclic) bond motifs is 2. The minimum atomic E-state index is 0.287. The lowest BCUT2D eigenvalue weighted by atomic mass is 9.98. The van der Waals surface area contributed by atoms with Crippen LogP contribution in [0, 0.1) is 20.8 Å². The molecule has 1 aromatic carbocycles. The van der Waals surface area contributed by atoms with Crippen LogP contribution in [-0.4, -0.2) is 52.9 Å². The van der Waals surface area contributed by atoms with Gasteiger partial charge in [-0.15, -0.1) is 0 Å². The van der Waals surface area contributed by atoms with E-state index in [9.17, 15) is 4.79 Å². The molecule has 0 spiro atoms. The number of aromatic amines is 1. The molecule has 1 atom stereocenters. The summed E-state index contributed by atoms with van der Waals surface area (Å²) in [5.74, 6) is 0.287. The van der Waals surface area contributed by atoms with Gasteiger partial charge >= 0.3 is 0 Å². The van der Waals surface area contributed by atoms with E-state index in [1.54, 1.807) is 0 Å². The first-order valence-corrected chi connectivity index (χ1v) is 9.64. The first-order valence-electron chi connectivity index (χ1n) is 9.64. The van der Waals surface area contributed by atoms with Crippen LogP contribution in [0.15, 0.2) is 12.1 Å². The van der Waals surface area contributed by atoms with Crippen molar-refractivity contribution in [1.29, 1.82) is 0 Å². The van der Waals surface area contributed by atoms with Gasteiger partial charge in [0.15, 0.2) is 0 Å². The summed E-state index contributed by atoms with van der Waals surface area (Å²) in [6, 6.07) is 4.90. The fraction of sp³-hybridized carbons (Fsp3) is 0.571. The van der Waals surface area contributed by atoms with Crippen molar-refractivity contribution in [3.63, 3.8) is 0 Å². The molecule has 25 heavy (non-hydrogen) atoms. The maximum absolute atomic E-state index is 13.0.